The Morgan fingerprint density at radius 3 is 2.45 bits per heavy atom. The molecule has 1 aliphatic rings. The van der Waals surface area contributed by atoms with Gasteiger partial charge < -0.3 is 4.90 Å². The Kier molecular flexibility index (Phi) is 6.45. The maximum Gasteiger partial charge on any atom is 0.255 e. The van der Waals surface area contributed by atoms with E-state index in [4.69, 9.17) is 5.26 Å². The summed E-state index contributed by atoms with van der Waals surface area (Å²) in [6, 6.07) is 21.7. The molecular weight excluding hydrogens is 452 g/mol. The first-order valence-corrected chi connectivity index (χ1v) is 11.1. The highest BCUT2D eigenvalue weighted by Gasteiger charge is 2.23. The van der Waals surface area contributed by atoms with Crippen LogP contribution in [0.2, 0.25) is 0 Å². The number of hydrogen-bond donors (Lipinski definition) is 0. The summed E-state index contributed by atoms with van der Waals surface area (Å²) < 4.78 is 1.00. The fraction of sp³-hybridized carbons (Fsp3) is 0.240. The first-order chi connectivity index (χ1) is 15.0. The smallest absolute Gasteiger partial charge is 0.255 e. The number of piperazine rings is 1. The number of nitriles is 1. The Morgan fingerprint density at radius 2 is 1.81 bits per heavy atom. The molecule has 1 aromatic heterocycles. The zero-order chi connectivity index (χ0) is 21.8. The van der Waals surface area contributed by atoms with Crippen LogP contribution in [-0.4, -0.2) is 46.9 Å². The summed E-state index contributed by atoms with van der Waals surface area (Å²) >= 11 is 3.49. The fourth-order valence-electron chi connectivity index (χ4n) is 3.82. The van der Waals surface area contributed by atoms with E-state index in [2.05, 4.69) is 31.9 Å². The predicted molar refractivity (Wildman–Crippen MR) is 124 cm³/mol. The molecule has 3 aromatic rings. The van der Waals surface area contributed by atoms with E-state index in [-0.39, 0.29) is 5.91 Å². The fourth-order valence-corrected chi connectivity index (χ4v) is 4.22. The molecule has 2 heterocycles. The number of hydrogen-bond acceptors (Lipinski definition) is 4. The van der Waals surface area contributed by atoms with Gasteiger partial charge in [0.05, 0.1) is 28.6 Å². The molecule has 1 saturated heterocycles. The van der Waals surface area contributed by atoms with Crippen molar-refractivity contribution in [3.8, 4) is 17.3 Å². The summed E-state index contributed by atoms with van der Waals surface area (Å²) in [4.78, 5) is 22.0. The molecule has 2 aromatic carbocycles. The van der Waals surface area contributed by atoms with Crippen molar-refractivity contribution >= 4 is 21.8 Å². The maximum atomic E-state index is 13.1. The molecule has 0 bridgehead atoms. The van der Waals surface area contributed by atoms with Crippen LogP contribution in [0.1, 0.15) is 27.2 Å². The van der Waals surface area contributed by atoms with E-state index in [1.165, 1.54) is 5.56 Å². The standard InChI is InChI=1S/C25H23BrN4O/c1-18-23(9-10-24(28-18)21-3-2-4-22(26)15-21)25(31)30-13-11-29(12-14-30)17-20-7-5-19(16-27)6-8-20/h2-10,15H,11-14,17H2,1H3. The number of carbonyl (C=O) groups is 1. The van der Waals surface area contributed by atoms with Crippen LogP contribution < -0.4 is 0 Å². The third-order valence-electron chi connectivity index (χ3n) is 5.59. The molecule has 1 amide bonds. The van der Waals surface area contributed by atoms with Crippen molar-refractivity contribution in [1.82, 2.24) is 14.8 Å². The lowest BCUT2D eigenvalue weighted by Crippen LogP contribution is -2.48. The average Bonchev–Trinajstić information content (AvgIpc) is 2.79. The summed E-state index contributed by atoms with van der Waals surface area (Å²) in [5.41, 5.74) is 5.16. The lowest BCUT2D eigenvalue weighted by atomic mass is 10.1. The van der Waals surface area contributed by atoms with Crippen molar-refractivity contribution in [2.45, 2.75) is 13.5 Å². The lowest BCUT2D eigenvalue weighted by Gasteiger charge is -2.35. The molecule has 5 nitrogen and oxygen atoms in total. The van der Waals surface area contributed by atoms with Gasteiger partial charge in [-0.25, -0.2) is 0 Å². The first kappa shape index (κ1) is 21.2. The number of rotatable bonds is 4. The number of benzene rings is 2. The summed E-state index contributed by atoms with van der Waals surface area (Å²) in [6.45, 7) is 5.78. The highest BCUT2D eigenvalue weighted by Crippen LogP contribution is 2.23. The Balaban J connectivity index is 1.38. The third-order valence-corrected chi connectivity index (χ3v) is 6.08. The van der Waals surface area contributed by atoms with Crippen LogP contribution in [0.15, 0.2) is 65.1 Å². The number of nitrogens with zero attached hydrogens (tertiary/aromatic N) is 4. The molecule has 0 N–H and O–H groups in total. The Hall–Kier alpha value is -3.01. The number of halogens is 1. The van der Waals surface area contributed by atoms with Crippen LogP contribution in [-0.2, 0) is 6.54 Å². The monoisotopic (exact) mass is 474 g/mol. The van der Waals surface area contributed by atoms with E-state index in [1.807, 2.05) is 72.5 Å². The van der Waals surface area contributed by atoms with Crippen molar-refractivity contribution in [2.24, 2.45) is 0 Å². The maximum absolute atomic E-state index is 13.1. The molecule has 1 fully saturated rings. The van der Waals surface area contributed by atoms with Gasteiger partial charge in [0.15, 0.2) is 0 Å². The van der Waals surface area contributed by atoms with Gasteiger partial charge in [0.25, 0.3) is 5.91 Å². The lowest BCUT2D eigenvalue weighted by molar-refractivity contribution is 0.0627. The van der Waals surface area contributed by atoms with Gasteiger partial charge >= 0.3 is 0 Å². The second kappa shape index (κ2) is 9.42. The molecular formula is C25H23BrN4O. The summed E-state index contributed by atoms with van der Waals surface area (Å²) in [6.07, 6.45) is 0. The zero-order valence-electron chi connectivity index (χ0n) is 17.4. The molecule has 4 rings (SSSR count). The van der Waals surface area contributed by atoms with Gasteiger partial charge in [-0.05, 0) is 48.9 Å². The number of carbonyl (C=O) groups excluding carboxylic acids is 1. The zero-order valence-corrected chi connectivity index (χ0v) is 19.0. The number of aromatic nitrogens is 1. The van der Waals surface area contributed by atoms with Gasteiger partial charge in [-0.3, -0.25) is 14.7 Å². The SMILES string of the molecule is Cc1nc(-c2cccc(Br)c2)ccc1C(=O)N1CCN(Cc2ccc(C#N)cc2)CC1. The summed E-state index contributed by atoms with van der Waals surface area (Å²) in [7, 11) is 0. The van der Waals surface area contributed by atoms with Gasteiger partial charge in [0.2, 0.25) is 0 Å². The quantitative estimate of drug-likeness (QED) is 0.551. The van der Waals surface area contributed by atoms with Gasteiger partial charge in [0.1, 0.15) is 0 Å². The van der Waals surface area contributed by atoms with E-state index >= 15 is 0 Å². The van der Waals surface area contributed by atoms with Crippen LogP contribution in [0.25, 0.3) is 11.3 Å². The van der Waals surface area contributed by atoms with Crippen molar-refractivity contribution < 1.29 is 4.79 Å². The Morgan fingerprint density at radius 1 is 1.06 bits per heavy atom. The normalized spacial score (nSPS) is 14.3. The molecule has 0 atom stereocenters. The van der Waals surface area contributed by atoms with Gasteiger partial charge in [-0.15, -0.1) is 0 Å². The second-order valence-electron chi connectivity index (χ2n) is 7.72. The number of amides is 1. The predicted octanol–water partition coefficient (Wildman–Crippen LogP) is 4.65. The summed E-state index contributed by atoms with van der Waals surface area (Å²) in [5.74, 6) is 0.0452. The minimum Gasteiger partial charge on any atom is -0.336 e. The second-order valence-corrected chi connectivity index (χ2v) is 8.63. The third kappa shape index (κ3) is 5.01. The number of pyridine rings is 1. The van der Waals surface area contributed by atoms with E-state index < -0.39 is 0 Å². The largest absolute Gasteiger partial charge is 0.336 e. The van der Waals surface area contributed by atoms with Crippen LogP contribution >= 0.6 is 15.9 Å². The highest BCUT2D eigenvalue weighted by atomic mass is 79.9. The van der Waals surface area contributed by atoms with Crippen LogP contribution in [0, 0.1) is 18.3 Å². The minimum absolute atomic E-state index is 0.0452. The molecule has 1 aliphatic heterocycles. The molecule has 0 unspecified atom stereocenters. The Bertz CT molecular complexity index is 1130. The molecule has 0 saturated carbocycles. The van der Waals surface area contributed by atoms with E-state index in [9.17, 15) is 4.79 Å². The van der Waals surface area contributed by atoms with E-state index in [0.29, 0.717) is 24.2 Å². The number of aryl methyl sites for hydroxylation is 1. The van der Waals surface area contributed by atoms with E-state index in [0.717, 1.165) is 41.1 Å². The summed E-state index contributed by atoms with van der Waals surface area (Å²) in [5, 5.41) is 8.92. The molecule has 156 valence electrons. The molecule has 31 heavy (non-hydrogen) atoms. The van der Waals surface area contributed by atoms with Gasteiger partial charge in [-0.1, -0.05) is 40.2 Å². The van der Waals surface area contributed by atoms with Crippen molar-refractivity contribution in [3.63, 3.8) is 0 Å². The molecule has 0 spiro atoms. The minimum atomic E-state index is 0.0452. The molecule has 0 radical (unpaired) electrons. The van der Waals surface area contributed by atoms with Crippen LogP contribution in [0.4, 0.5) is 0 Å². The first-order valence-electron chi connectivity index (χ1n) is 10.3. The highest BCUT2D eigenvalue weighted by molar-refractivity contribution is 9.10. The molecule has 0 aliphatic carbocycles. The van der Waals surface area contributed by atoms with Crippen molar-refractivity contribution in [1.29, 1.82) is 5.26 Å². The van der Waals surface area contributed by atoms with Gasteiger partial charge in [0, 0.05) is 42.8 Å². The van der Waals surface area contributed by atoms with Crippen molar-refractivity contribution in [2.75, 3.05) is 26.2 Å². The van der Waals surface area contributed by atoms with Gasteiger partial charge in [-0.2, -0.15) is 5.26 Å². The van der Waals surface area contributed by atoms with Crippen LogP contribution in [0.5, 0.6) is 0 Å². The van der Waals surface area contributed by atoms with Crippen molar-refractivity contribution in [3.05, 3.63) is 87.5 Å². The topological polar surface area (TPSA) is 60.2 Å². The Labute approximate surface area is 191 Å². The average molecular weight is 475 g/mol. The van der Waals surface area contributed by atoms with Crippen LogP contribution in [0.3, 0.4) is 0 Å². The van der Waals surface area contributed by atoms with E-state index in [1.54, 1.807) is 0 Å². The molecule has 6 heteroatoms.